The minimum absolute atomic E-state index is 0.0653. The van der Waals surface area contributed by atoms with Crippen LogP contribution in [0.4, 0.5) is 11.4 Å². The minimum Gasteiger partial charge on any atom is -0.466 e. The standard InChI is InChI=1S/C22H20N2O3/c1-15-9-11-19(12-10-15)23-14-18-7-3-5-16(2)21(18)27-22(23)17-6-4-8-20(13-17)24(25)26/h3-13,22H,14H2,1-2H3. The lowest BCUT2D eigenvalue weighted by atomic mass is 10.0. The summed E-state index contributed by atoms with van der Waals surface area (Å²) in [6.45, 7) is 4.74. The lowest BCUT2D eigenvalue weighted by molar-refractivity contribution is -0.385. The van der Waals surface area contributed by atoms with Gasteiger partial charge in [-0.05, 0) is 31.5 Å². The number of para-hydroxylation sites is 1. The number of nitro groups is 1. The van der Waals surface area contributed by atoms with E-state index in [4.69, 9.17) is 4.74 Å². The molecule has 0 N–H and O–H groups in total. The van der Waals surface area contributed by atoms with Crippen molar-refractivity contribution in [3.05, 3.63) is 99.1 Å². The SMILES string of the molecule is Cc1ccc(N2Cc3cccc(C)c3OC2c2cccc([N+](=O)[O-])c2)cc1. The molecule has 1 aliphatic heterocycles. The highest BCUT2D eigenvalue weighted by Crippen LogP contribution is 2.40. The molecule has 1 atom stereocenters. The quantitative estimate of drug-likeness (QED) is 0.469. The van der Waals surface area contributed by atoms with Gasteiger partial charge in [-0.3, -0.25) is 10.1 Å². The van der Waals surface area contributed by atoms with Crippen LogP contribution in [0.25, 0.3) is 0 Å². The summed E-state index contributed by atoms with van der Waals surface area (Å²) in [5.74, 6) is 0.859. The average Bonchev–Trinajstić information content (AvgIpc) is 2.68. The Kier molecular flexibility index (Phi) is 4.28. The summed E-state index contributed by atoms with van der Waals surface area (Å²) in [6.07, 6.45) is -0.429. The number of fused-ring (bicyclic) bond motifs is 1. The summed E-state index contributed by atoms with van der Waals surface area (Å²) in [4.78, 5) is 13.0. The van der Waals surface area contributed by atoms with Gasteiger partial charge in [0.05, 0.1) is 11.5 Å². The zero-order chi connectivity index (χ0) is 19.0. The molecule has 0 fully saturated rings. The number of nitro benzene ring substituents is 1. The Morgan fingerprint density at radius 3 is 2.52 bits per heavy atom. The van der Waals surface area contributed by atoms with Crippen LogP contribution < -0.4 is 9.64 Å². The molecular formula is C22H20N2O3. The number of hydrogen-bond acceptors (Lipinski definition) is 4. The van der Waals surface area contributed by atoms with Crippen molar-refractivity contribution in [1.82, 2.24) is 0 Å². The van der Waals surface area contributed by atoms with Gasteiger partial charge in [-0.1, -0.05) is 48.0 Å². The van der Waals surface area contributed by atoms with Crippen LogP contribution in [0.1, 0.15) is 28.5 Å². The van der Waals surface area contributed by atoms with Gasteiger partial charge in [-0.2, -0.15) is 0 Å². The second kappa shape index (κ2) is 6.76. The molecule has 0 amide bonds. The molecule has 5 heteroatoms. The average molecular weight is 360 g/mol. The molecule has 0 spiro atoms. The molecule has 136 valence electrons. The van der Waals surface area contributed by atoms with Crippen molar-refractivity contribution >= 4 is 11.4 Å². The van der Waals surface area contributed by atoms with Crippen LogP contribution in [0.5, 0.6) is 5.75 Å². The van der Waals surface area contributed by atoms with Gasteiger partial charge in [0, 0.05) is 28.9 Å². The molecule has 0 saturated heterocycles. The molecule has 1 heterocycles. The molecule has 4 rings (SSSR count). The molecular weight excluding hydrogens is 340 g/mol. The van der Waals surface area contributed by atoms with E-state index in [-0.39, 0.29) is 10.6 Å². The van der Waals surface area contributed by atoms with Gasteiger partial charge < -0.3 is 9.64 Å². The minimum atomic E-state index is -0.429. The molecule has 27 heavy (non-hydrogen) atoms. The number of non-ortho nitro benzene ring substituents is 1. The van der Waals surface area contributed by atoms with Gasteiger partial charge in [-0.15, -0.1) is 0 Å². The number of anilines is 1. The van der Waals surface area contributed by atoms with Crippen molar-refractivity contribution in [3.8, 4) is 5.75 Å². The van der Waals surface area contributed by atoms with E-state index in [1.807, 2.05) is 32.0 Å². The van der Waals surface area contributed by atoms with Gasteiger partial charge in [0.2, 0.25) is 0 Å². The summed E-state index contributed by atoms with van der Waals surface area (Å²) in [5, 5.41) is 11.2. The highest BCUT2D eigenvalue weighted by atomic mass is 16.6. The van der Waals surface area contributed by atoms with E-state index in [0.29, 0.717) is 6.54 Å². The summed E-state index contributed by atoms with van der Waals surface area (Å²) in [7, 11) is 0. The zero-order valence-corrected chi connectivity index (χ0v) is 15.3. The van der Waals surface area contributed by atoms with Crippen molar-refractivity contribution in [2.75, 3.05) is 4.90 Å². The van der Waals surface area contributed by atoms with Crippen molar-refractivity contribution in [1.29, 1.82) is 0 Å². The Morgan fingerprint density at radius 1 is 1.04 bits per heavy atom. The predicted octanol–water partition coefficient (Wildman–Crippen LogP) is 5.31. The second-order valence-corrected chi connectivity index (χ2v) is 6.85. The molecule has 0 bridgehead atoms. The maximum absolute atomic E-state index is 11.2. The molecule has 0 saturated carbocycles. The van der Waals surface area contributed by atoms with Gasteiger partial charge in [0.15, 0.2) is 6.23 Å². The maximum atomic E-state index is 11.2. The van der Waals surface area contributed by atoms with Crippen molar-refractivity contribution < 1.29 is 9.66 Å². The number of benzene rings is 3. The van der Waals surface area contributed by atoms with Gasteiger partial charge in [0.1, 0.15) is 5.75 Å². The number of hydrogen-bond donors (Lipinski definition) is 0. The zero-order valence-electron chi connectivity index (χ0n) is 15.3. The van der Waals surface area contributed by atoms with E-state index in [2.05, 4.69) is 35.2 Å². The van der Waals surface area contributed by atoms with Crippen molar-refractivity contribution in [2.24, 2.45) is 0 Å². The van der Waals surface area contributed by atoms with E-state index >= 15 is 0 Å². The van der Waals surface area contributed by atoms with E-state index in [1.54, 1.807) is 12.1 Å². The molecule has 1 unspecified atom stereocenters. The fourth-order valence-corrected chi connectivity index (χ4v) is 3.45. The lowest BCUT2D eigenvalue weighted by Crippen LogP contribution is -2.36. The number of ether oxygens (including phenoxy) is 1. The third-order valence-electron chi connectivity index (χ3n) is 4.88. The molecule has 5 nitrogen and oxygen atoms in total. The predicted molar refractivity (Wildman–Crippen MR) is 105 cm³/mol. The fourth-order valence-electron chi connectivity index (χ4n) is 3.45. The van der Waals surface area contributed by atoms with Gasteiger partial charge >= 0.3 is 0 Å². The summed E-state index contributed by atoms with van der Waals surface area (Å²) in [6, 6.07) is 21.0. The third-order valence-corrected chi connectivity index (χ3v) is 4.88. The Balaban J connectivity index is 1.82. The molecule has 3 aromatic rings. The Labute approximate surface area is 158 Å². The summed E-state index contributed by atoms with van der Waals surface area (Å²) < 4.78 is 6.38. The number of rotatable bonds is 3. The Morgan fingerprint density at radius 2 is 1.78 bits per heavy atom. The van der Waals surface area contributed by atoms with Gasteiger partial charge in [0.25, 0.3) is 5.69 Å². The molecule has 0 radical (unpaired) electrons. The normalized spacial score (nSPS) is 15.8. The van der Waals surface area contributed by atoms with E-state index in [0.717, 1.165) is 28.1 Å². The molecule has 0 aromatic heterocycles. The first kappa shape index (κ1) is 17.1. The smallest absolute Gasteiger partial charge is 0.269 e. The molecule has 0 aliphatic carbocycles. The van der Waals surface area contributed by atoms with E-state index < -0.39 is 6.23 Å². The molecule has 3 aromatic carbocycles. The van der Waals surface area contributed by atoms with Crippen molar-refractivity contribution in [2.45, 2.75) is 26.6 Å². The lowest BCUT2D eigenvalue weighted by Gasteiger charge is -2.39. The van der Waals surface area contributed by atoms with Crippen LogP contribution in [0.2, 0.25) is 0 Å². The molecule has 1 aliphatic rings. The second-order valence-electron chi connectivity index (χ2n) is 6.85. The van der Waals surface area contributed by atoms with Crippen LogP contribution in [0.15, 0.2) is 66.7 Å². The third kappa shape index (κ3) is 3.24. The fraction of sp³-hybridized carbons (Fsp3) is 0.182. The maximum Gasteiger partial charge on any atom is 0.269 e. The summed E-state index contributed by atoms with van der Waals surface area (Å²) in [5.41, 5.74) is 5.20. The van der Waals surface area contributed by atoms with E-state index in [1.165, 1.54) is 11.6 Å². The van der Waals surface area contributed by atoms with E-state index in [9.17, 15) is 10.1 Å². The van der Waals surface area contributed by atoms with Gasteiger partial charge in [-0.25, -0.2) is 0 Å². The first-order valence-corrected chi connectivity index (χ1v) is 8.86. The van der Waals surface area contributed by atoms with Crippen LogP contribution >= 0.6 is 0 Å². The largest absolute Gasteiger partial charge is 0.466 e. The van der Waals surface area contributed by atoms with Crippen LogP contribution in [-0.2, 0) is 6.54 Å². The summed E-state index contributed by atoms with van der Waals surface area (Å²) >= 11 is 0. The first-order chi connectivity index (χ1) is 13.0. The topological polar surface area (TPSA) is 55.6 Å². The van der Waals surface area contributed by atoms with Crippen LogP contribution in [-0.4, -0.2) is 4.92 Å². The van der Waals surface area contributed by atoms with Crippen molar-refractivity contribution in [3.63, 3.8) is 0 Å². The van der Waals surface area contributed by atoms with Crippen LogP contribution in [0.3, 0.4) is 0 Å². The number of aryl methyl sites for hydroxylation is 2. The highest BCUT2D eigenvalue weighted by Gasteiger charge is 2.30. The highest BCUT2D eigenvalue weighted by molar-refractivity contribution is 5.55. The Bertz CT molecular complexity index is 999. The number of nitrogens with zero attached hydrogens (tertiary/aromatic N) is 2. The Hall–Kier alpha value is -3.34. The first-order valence-electron chi connectivity index (χ1n) is 8.86. The van der Waals surface area contributed by atoms with Crippen LogP contribution in [0, 0.1) is 24.0 Å². The monoisotopic (exact) mass is 360 g/mol.